The molecule has 4 rings (SSSR count). The van der Waals surface area contributed by atoms with E-state index in [1.165, 1.54) is 5.56 Å². The largest absolute Gasteiger partial charge is 0.353 e. The lowest BCUT2D eigenvalue weighted by Crippen LogP contribution is -2.52. The molecule has 0 bridgehead atoms. The van der Waals surface area contributed by atoms with Gasteiger partial charge in [-0.15, -0.1) is 0 Å². The zero-order valence-electron chi connectivity index (χ0n) is 15.9. The third kappa shape index (κ3) is 3.81. The summed E-state index contributed by atoms with van der Waals surface area (Å²) >= 11 is 0. The van der Waals surface area contributed by atoms with Crippen molar-refractivity contribution in [3.8, 4) is 0 Å². The molecule has 6 nitrogen and oxygen atoms in total. The van der Waals surface area contributed by atoms with Gasteiger partial charge in [0, 0.05) is 44.8 Å². The summed E-state index contributed by atoms with van der Waals surface area (Å²) in [5, 5.41) is 0. The molecule has 2 aliphatic heterocycles. The minimum atomic E-state index is -0.204. The minimum Gasteiger partial charge on any atom is -0.353 e. The summed E-state index contributed by atoms with van der Waals surface area (Å²) in [6.45, 7) is 7.17. The number of rotatable bonds is 4. The van der Waals surface area contributed by atoms with Crippen molar-refractivity contribution in [3.63, 3.8) is 0 Å². The molecule has 27 heavy (non-hydrogen) atoms. The number of likely N-dealkylation sites (tertiary alicyclic amines) is 1. The van der Waals surface area contributed by atoms with E-state index in [-0.39, 0.29) is 11.9 Å². The maximum atomic E-state index is 13.4. The second kappa shape index (κ2) is 8.05. The Morgan fingerprint density at radius 1 is 1.00 bits per heavy atom. The van der Waals surface area contributed by atoms with E-state index in [2.05, 4.69) is 32.8 Å². The Bertz CT molecular complexity index is 767. The number of piperazine rings is 1. The summed E-state index contributed by atoms with van der Waals surface area (Å²) in [6, 6.07) is 7.80. The van der Waals surface area contributed by atoms with E-state index in [9.17, 15) is 4.79 Å². The van der Waals surface area contributed by atoms with Crippen LogP contribution >= 0.6 is 0 Å². The van der Waals surface area contributed by atoms with Crippen LogP contribution in [0, 0.1) is 6.92 Å². The predicted molar refractivity (Wildman–Crippen MR) is 106 cm³/mol. The number of carbonyl (C=O) groups excluding carboxylic acids is 1. The molecule has 0 saturated carbocycles. The predicted octanol–water partition coefficient (Wildman–Crippen LogP) is 2.27. The molecule has 1 atom stereocenters. The Kier molecular flexibility index (Phi) is 5.34. The van der Waals surface area contributed by atoms with Crippen LogP contribution in [0.4, 0.5) is 5.82 Å². The number of aryl methyl sites for hydroxylation is 1. The summed E-state index contributed by atoms with van der Waals surface area (Å²) in [4.78, 5) is 28.8. The SMILES string of the molecule is Cc1cccnc1N1CCN(C(=O)[C@H](c2cccnc2)N2CCCC2)CC1. The fourth-order valence-corrected chi connectivity index (χ4v) is 4.17. The fourth-order valence-electron chi connectivity index (χ4n) is 4.17. The summed E-state index contributed by atoms with van der Waals surface area (Å²) in [5.74, 6) is 1.25. The zero-order valence-corrected chi connectivity index (χ0v) is 15.9. The standard InChI is InChI=1S/C21H27N5O/c1-17-6-4-9-23-20(17)25-12-14-26(15-13-25)21(27)19(24-10-2-3-11-24)18-7-5-8-22-16-18/h4-9,16,19H,2-3,10-15H2,1H3/t19-/m0/s1. The second-order valence-corrected chi connectivity index (χ2v) is 7.39. The first kappa shape index (κ1) is 17.9. The lowest BCUT2D eigenvalue weighted by atomic mass is 10.1. The van der Waals surface area contributed by atoms with Gasteiger partial charge in [0.25, 0.3) is 0 Å². The first-order chi connectivity index (χ1) is 13.2. The molecule has 4 heterocycles. The summed E-state index contributed by atoms with van der Waals surface area (Å²) in [6.07, 6.45) is 7.77. The maximum Gasteiger partial charge on any atom is 0.244 e. The number of hydrogen-bond acceptors (Lipinski definition) is 5. The average Bonchev–Trinajstić information content (AvgIpc) is 3.24. The van der Waals surface area contributed by atoms with Crippen molar-refractivity contribution in [2.75, 3.05) is 44.2 Å². The minimum absolute atomic E-state index is 0.204. The number of anilines is 1. The summed E-state index contributed by atoms with van der Waals surface area (Å²) < 4.78 is 0. The van der Waals surface area contributed by atoms with Gasteiger partial charge in [-0.25, -0.2) is 4.98 Å². The topological polar surface area (TPSA) is 52.6 Å². The molecule has 0 spiro atoms. The Morgan fingerprint density at radius 2 is 1.74 bits per heavy atom. The van der Waals surface area contributed by atoms with Crippen molar-refractivity contribution in [3.05, 3.63) is 54.0 Å². The zero-order chi connectivity index (χ0) is 18.6. The lowest BCUT2D eigenvalue weighted by molar-refractivity contribution is -0.137. The number of nitrogens with zero attached hydrogens (tertiary/aromatic N) is 5. The molecule has 0 radical (unpaired) electrons. The van der Waals surface area contributed by atoms with Gasteiger partial charge in [-0.3, -0.25) is 14.7 Å². The lowest BCUT2D eigenvalue weighted by Gasteiger charge is -2.39. The Labute approximate surface area is 160 Å². The summed E-state index contributed by atoms with van der Waals surface area (Å²) in [5.41, 5.74) is 2.19. The van der Waals surface area contributed by atoms with E-state index >= 15 is 0 Å². The van der Waals surface area contributed by atoms with E-state index in [0.29, 0.717) is 0 Å². The molecule has 0 N–H and O–H groups in total. The van der Waals surface area contributed by atoms with Gasteiger partial charge in [-0.2, -0.15) is 0 Å². The molecule has 0 unspecified atom stereocenters. The monoisotopic (exact) mass is 365 g/mol. The van der Waals surface area contributed by atoms with Crippen molar-refractivity contribution in [2.45, 2.75) is 25.8 Å². The molecular weight excluding hydrogens is 338 g/mol. The van der Waals surface area contributed by atoms with Gasteiger partial charge in [0.05, 0.1) is 0 Å². The molecule has 2 aliphatic rings. The molecule has 142 valence electrons. The van der Waals surface area contributed by atoms with E-state index in [1.54, 1.807) is 6.20 Å². The highest BCUT2D eigenvalue weighted by molar-refractivity contribution is 5.83. The van der Waals surface area contributed by atoms with E-state index in [0.717, 1.165) is 63.5 Å². The van der Waals surface area contributed by atoms with Crippen molar-refractivity contribution >= 4 is 11.7 Å². The molecule has 0 aliphatic carbocycles. The van der Waals surface area contributed by atoms with Crippen LogP contribution in [-0.2, 0) is 4.79 Å². The Morgan fingerprint density at radius 3 is 2.41 bits per heavy atom. The van der Waals surface area contributed by atoms with Crippen molar-refractivity contribution in [1.82, 2.24) is 19.8 Å². The Balaban J connectivity index is 1.47. The van der Waals surface area contributed by atoms with Crippen LogP contribution in [0.5, 0.6) is 0 Å². The normalized spacial score (nSPS) is 19.3. The van der Waals surface area contributed by atoms with Crippen LogP contribution in [0.25, 0.3) is 0 Å². The van der Waals surface area contributed by atoms with Gasteiger partial charge >= 0.3 is 0 Å². The van der Waals surface area contributed by atoms with Crippen LogP contribution in [-0.4, -0.2) is 64.9 Å². The van der Waals surface area contributed by atoms with Crippen LogP contribution in [0.3, 0.4) is 0 Å². The van der Waals surface area contributed by atoms with Crippen molar-refractivity contribution in [1.29, 1.82) is 0 Å². The fraction of sp³-hybridized carbons (Fsp3) is 0.476. The molecule has 6 heteroatoms. The first-order valence-electron chi connectivity index (χ1n) is 9.83. The van der Waals surface area contributed by atoms with Gasteiger partial charge < -0.3 is 9.80 Å². The average molecular weight is 365 g/mol. The number of pyridine rings is 2. The van der Waals surface area contributed by atoms with Crippen LogP contribution in [0.1, 0.15) is 30.0 Å². The van der Waals surface area contributed by atoms with Crippen molar-refractivity contribution < 1.29 is 4.79 Å². The van der Waals surface area contributed by atoms with Crippen LogP contribution < -0.4 is 4.90 Å². The second-order valence-electron chi connectivity index (χ2n) is 7.39. The number of amides is 1. The maximum absolute atomic E-state index is 13.4. The quantitative estimate of drug-likeness (QED) is 0.832. The molecule has 2 aromatic rings. The smallest absolute Gasteiger partial charge is 0.244 e. The molecule has 2 aromatic heterocycles. The van der Waals surface area contributed by atoms with Crippen molar-refractivity contribution in [2.24, 2.45) is 0 Å². The van der Waals surface area contributed by atoms with E-state index < -0.39 is 0 Å². The van der Waals surface area contributed by atoms with Gasteiger partial charge in [0.1, 0.15) is 11.9 Å². The van der Waals surface area contributed by atoms with Gasteiger partial charge in [-0.05, 0) is 56.1 Å². The molecule has 0 aromatic carbocycles. The highest BCUT2D eigenvalue weighted by atomic mass is 16.2. The van der Waals surface area contributed by atoms with E-state index in [1.807, 2.05) is 35.5 Å². The third-order valence-electron chi connectivity index (χ3n) is 5.61. The highest BCUT2D eigenvalue weighted by Crippen LogP contribution is 2.27. The first-order valence-corrected chi connectivity index (χ1v) is 9.83. The molecule has 1 amide bonds. The van der Waals surface area contributed by atoms with Crippen LogP contribution in [0.2, 0.25) is 0 Å². The van der Waals surface area contributed by atoms with Gasteiger partial charge in [0.2, 0.25) is 5.91 Å². The molecule has 2 saturated heterocycles. The number of hydrogen-bond donors (Lipinski definition) is 0. The number of aromatic nitrogens is 2. The van der Waals surface area contributed by atoms with Crippen LogP contribution in [0.15, 0.2) is 42.9 Å². The third-order valence-corrected chi connectivity index (χ3v) is 5.61. The Hall–Kier alpha value is -2.47. The number of carbonyl (C=O) groups is 1. The van der Waals surface area contributed by atoms with E-state index in [4.69, 9.17) is 0 Å². The molecular formula is C21H27N5O. The molecule has 2 fully saturated rings. The highest BCUT2D eigenvalue weighted by Gasteiger charge is 2.34. The van der Waals surface area contributed by atoms with Gasteiger partial charge in [0.15, 0.2) is 0 Å². The van der Waals surface area contributed by atoms with Gasteiger partial charge in [-0.1, -0.05) is 12.1 Å². The summed E-state index contributed by atoms with van der Waals surface area (Å²) in [7, 11) is 0.